The van der Waals surface area contributed by atoms with Crippen molar-refractivity contribution in [3.05, 3.63) is 109 Å². The molecule has 0 atom stereocenters. The summed E-state index contributed by atoms with van der Waals surface area (Å²) >= 11 is 1.38. The first-order chi connectivity index (χ1) is 17.0. The molecule has 0 spiro atoms. The highest BCUT2D eigenvalue weighted by atomic mass is 32.1. The first-order valence-electron chi connectivity index (χ1n) is 11.0. The topological polar surface area (TPSA) is 118 Å². The summed E-state index contributed by atoms with van der Waals surface area (Å²) < 4.78 is 6.38. The number of thiazole rings is 1. The second-order valence-electron chi connectivity index (χ2n) is 7.71. The molecule has 0 saturated heterocycles. The van der Waals surface area contributed by atoms with E-state index in [9.17, 15) is 14.4 Å². The number of nitrogens with zero attached hydrogens (tertiary/aromatic N) is 2. The summed E-state index contributed by atoms with van der Waals surface area (Å²) in [5.74, 6) is -0.450. The Kier molecular flexibility index (Phi) is 7.86. The van der Waals surface area contributed by atoms with Crippen LogP contribution in [-0.4, -0.2) is 34.2 Å². The molecule has 35 heavy (non-hydrogen) atoms. The Labute approximate surface area is 205 Å². The predicted molar refractivity (Wildman–Crippen MR) is 136 cm³/mol. The summed E-state index contributed by atoms with van der Waals surface area (Å²) in [5, 5.41) is 8.24. The number of nitrogens with one attached hydrogen (secondary N) is 3. The van der Waals surface area contributed by atoms with Gasteiger partial charge in [-0.2, -0.15) is 0 Å². The van der Waals surface area contributed by atoms with Crippen LogP contribution >= 0.6 is 11.3 Å². The van der Waals surface area contributed by atoms with Crippen molar-refractivity contribution in [1.29, 1.82) is 0 Å². The van der Waals surface area contributed by atoms with E-state index >= 15 is 0 Å². The second-order valence-corrected chi connectivity index (χ2v) is 8.65. The van der Waals surface area contributed by atoms with Crippen molar-refractivity contribution < 1.29 is 9.53 Å². The number of anilines is 2. The number of H-pyrrole nitrogens is 1. The van der Waals surface area contributed by atoms with Gasteiger partial charge >= 0.3 is 5.69 Å². The molecule has 0 bridgehead atoms. The second kappa shape index (κ2) is 11.4. The molecule has 10 heteroatoms. The van der Waals surface area contributed by atoms with Gasteiger partial charge in [0.2, 0.25) is 0 Å². The number of carbonyl (C=O) groups excluding carboxylic acids is 1. The number of methoxy groups -OCH3 is 1. The Morgan fingerprint density at radius 3 is 2.43 bits per heavy atom. The molecule has 0 aliphatic heterocycles. The minimum Gasteiger partial charge on any atom is -0.383 e. The molecule has 0 unspecified atom stereocenters. The van der Waals surface area contributed by atoms with Crippen molar-refractivity contribution >= 4 is 28.7 Å². The maximum atomic E-state index is 13.1. The molecule has 2 aromatic carbocycles. The number of amides is 1. The molecule has 0 radical (unpaired) electrons. The van der Waals surface area contributed by atoms with Crippen LogP contribution < -0.4 is 21.9 Å². The fraction of sp³-hybridized carbons (Fsp3) is 0.200. The average molecular weight is 492 g/mol. The summed E-state index contributed by atoms with van der Waals surface area (Å²) in [6, 6.07) is 19.3. The van der Waals surface area contributed by atoms with E-state index in [1.165, 1.54) is 23.0 Å². The van der Waals surface area contributed by atoms with Crippen LogP contribution in [0.5, 0.6) is 0 Å². The van der Waals surface area contributed by atoms with Crippen LogP contribution in [0.4, 0.5) is 11.5 Å². The first-order valence-corrected chi connectivity index (χ1v) is 11.9. The Hall–Kier alpha value is -4.02. The molecule has 4 aromatic rings. The van der Waals surface area contributed by atoms with Gasteiger partial charge in [-0.05, 0) is 11.1 Å². The summed E-state index contributed by atoms with van der Waals surface area (Å²) in [6.07, 6.45) is 0.603. The number of carbonyl (C=O) groups is 1. The largest absolute Gasteiger partial charge is 0.383 e. The van der Waals surface area contributed by atoms with Crippen molar-refractivity contribution in [2.24, 2.45) is 0 Å². The van der Waals surface area contributed by atoms with Crippen LogP contribution in [-0.2, 0) is 24.2 Å². The highest BCUT2D eigenvalue weighted by Gasteiger charge is 2.20. The maximum Gasteiger partial charge on any atom is 0.330 e. The molecule has 3 N–H and O–H groups in total. The van der Waals surface area contributed by atoms with E-state index in [1.54, 1.807) is 5.38 Å². The highest BCUT2D eigenvalue weighted by molar-refractivity contribution is 7.09. The minimum atomic E-state index is -0.643. The molecule has 2 aromatic heterocycles. The monoisotopic (exact) mass is 491 g/mol. The van der Waals surface area contributed by atoms with E-state index in [0.29, 0.717) is 13.0 Å². The molecule has 9 nitrogen and oxygen atoms in total. The van der Waals surface area contributed by atoms with Gasteiger partial charge in [0.15, 0.2) is 0 Å². The predicted octanol–water partition coefficient (Wildman–Crippen LogP) is 3.09. The molecule has 2 heterocycles. The van der Waals surface area contributed by atoms with Gasteiger partial charge in [0.05, 0.1) is 18.2 Å². The SMILES string of the molecule is COCCn1c(NC(=O)c2csc(Cc3ccccc3)n2)c(NCc2ccccc2)c(=O)[nH]c1=O. The highest BCUT2D eigenvalue weighted by Crippen LogP contribution is 2.20. The number of hydrogen-bond acceptors (Lipinski definition) is 7. The molecule has 1 amide bonds. The summed E-state index contributed by atoms with van der Waals surface area (Å²) in [4.78, 5) is 45.1. The molecule has 0 aliphatic carbocycles. The van der Waals surface area contributed by atoms with Gasteiger partial charge in [-0.25, -0.2) is 9.78 Å². The third kappa shape index (κ3) is 6.11. The van der Waals surface area contributed by atoms with Crippen LogP contribution in [0.15, 0.2) is 75.6 Å². The van der Waals surface area contributed by atoms with Gasteiger partial charge < -0.3 is 15.4 Å². The molecule has 0 aliphatic rings. The van der Waals surface area contributed by atoms with E-state index in [2.05, 4.69) is 20.6 Å². The summed E-state index contributed by atoms with van der Waals surface area (Å²) in [6.45, 7) is 0.677. The quantitative estimate of drug-likeness (QED) is 0.314. The van der Waals surface area contributed by atoms with E-state index < -0.39 is 17.2 Å². The average Bonchev–Trinajstić information content (AvgIpc) is 3.33. The lowest BCUT2D eigenvalue weighted by Gasteiger charge is -2.17. The number of aromatic nitrogens is 3. The Morgan fingerprint density at radius 2 is 1.74 bits per heavy atom. The van der Waals surface area contributed by atoms with Crippen molar-refractivity contribution in [2.75, 3.05) is 24.4 Å². The van der Waals surface area contributed by atoms with E-state index in [1.807, 2.05) is 60.7 Å². The Bertz CT molecular complexity index is 1400. The van der Waals surface area contributed by atoms with Crippen LogP contribution in [0.1, 0.15) is 26.6 Å². The third-order valence-electron chi connectivity index (χ3n) is 5.25. The third-order valence-corrected chi connectivity index (χ3v) is 6.09. The van der Waals surface area contributed by atoms with Crippen molar-refractivity contribution in [2.45, 2.75) is 19.5 Å². The number of ether oxygens (including phenoxy) is 1. The Balaban J connectivity index is 1.62. The standard InChI is InChI=1S/C25H25N5O4S/c1-34-13-12-30-22(21(24(32)29-25(30)33)26-15-18-10-6-3-7-11-18)28-23(31)19-16-35-20(27-19)14-17-8-4-2-5-9-17/h2-11,16,26H,12-15H2,1H3,(H,28,31)(H,29,32,33). The van der Waals surface area contributed by atoms with Gasteiger partial charge in [0.1, 0.15) is 17.2 Å². The zero-order valence-electron chi connectivity index (χ0n) is 19.1. The lowest BCUT2D eigenvalue weighted by atomic mass is 10.2. The Morgan fingerprint density at radius 1 is 1.06 bits per heavy atom. The summed E-state index contributed by atoms with van der Waals surface area (Å²) in [7, 11) is 1.51. The zero-order valence-corrected chi connectivity index (χ0v) is 19.9. The molecule has 0 fully saturated rings. The van der Waals surface area contributed by atoms with Crippen molar-refractivity contribution in [3.63, 3.8) is 0 Å². The van der Waals surface area contributed by atoms with E-state index in [0.717, 1.165) is 16.1 Å². The van der Waals surface area contributed by atoms with E-state index in [-0.39, 0.29) is 30.4 Å². The summed E-state index contributed by atoms with van der Waals surface area (Å²) in [5.41, 5.74) is 1.04. The van der Waals surface area contributed by atoms with Gasteiger partial charge in [-0.15, -0.1) is 11.3 Å². The molecule has 4 rings (SSSR count). The van der Waals surface area contributed by atoms with E-state index in [4.69, 9.17) is 4.74 Å². The zero-order chi connectivity index (χ0) is 24.6. The van der Waals surface area contributed by atoms with Crippen LogP contribution in [0.2, 0.25) is 0 Å². The molecule has 0 saturated carbocycles. The van der Waals surface area contributed by atoms with Gasteiger partial charge in [-0.1, -0.05) is 60.7 Å². The number of rotatable bonds is 10. The number of benzene rings is 2. The smallest absolute Gasteiger partial charge is 0.330 e. The van der Waals surface area contributed by atoms with Gasteiger partial charge in [-0.3, -0.25) is 19.1 Å². The van der Waals surface area contributed by atoms with Gasteiger partial charge in [0, 0.05) is 25.5 Å². The van der Waals surface area contributed by atoms with Gasteiger partial charge in [0.25, 0.3) is 11.5 Å². The van der Waals surface area contributed by atoms with Crippen LogP contribution in [0, 0.1) is 0 Å². The van der Waals surface area contributed by atoms with Crippen molar-refractivity contribution in [3.8, 4) is 0 Å². The maximum absolute atomic E-state index is 13.1. The molecular formula is C25H25N5O4S. The van der Waals surface area contributed by atoms with Crippen molar-refractivity contribution in [1.82, 2.24) is 14.5 Å². The minimum absolute atomic E-state index is 0.0642. The lowest BCUT2D eigenvalue weighted by molar-refractivity contribution is 0.102. The van der Waals surface area contributed by atoms with Crippen LogP contribution in [0.25, 0.3) is 0 Å². The number of aromatic amines is 1. The fourth-order valence-electron chi connectivity index (χ4n) is 3.49. The fourth-order valence-corrected chi connectivity index (χ4v) is 4.29. The normalized spacial score (nSPS) is 10.8. The lowest BCUT2D eigenvalue weighted by Crippen LogP contribution is -2.36. The number of hydrogen-bond donors (Lipinski definition) is 3. The molecule has 180 valence electrons. The van der Waals surface area contributed by atoms with Crippen LogP contribution in [0.3, 0.4) is 0 Å². The molecular weight excluding hydrogens is 466 g/mol. The first kappa shape index (κ1) is 24.1.